The van der Waals surface area contributed by atoms with E-state index in [2.05, 4.69) is 79.2 Å². The lowest BCUT2D eigenvalue weighted by Crippen LogP contribution is -2.19. The Labute approximate surface area is 142 Å². The van der Waals surface area contributed by atoms with Gasteiger partial charge in [0, 0.05) is 29.8 Å². The summed E-state index contributed by atoms with van der Waals surface area (Å²) >= 11 is 1.80. The molecule has 1 atom stereocenters. The lowest BCUT2D eigenvalue weighted by Gasteiger charge is -2.17. The Balaban J connectivity index is 1.84. The van der Waals surface area contributed by atoms with Crippen molar-refractivity contribution in [2.24, 2.45) is 0 Å². The van der Waals surface area contributed by atoms with Crippen LogP contribution in [0.5, 0.6) is 0 Å². The van der Waals surface area contributed by atoms with E-state index < -0.39 is 0 Å². The molecule has 0 N–H and O–H groups in total. The summed E-state index contributed by atoms with van der Waals surface area (Å²) in [6, 6.07) is 10.4. The van der Waals surface area contributed by atoms with E-state index in [1.807, 2.05) is 12.3 Å². The molecule has 1 unspecified atom stereocenters. The first kappa shape index (κ1) is 15.7. The summed E-state index contributed by atoms with van der Waals surface area (Å²) in [6.45, 7) is 6.43. The first-order valence-electron chi connectivity index (χ1n) is 7.69. The fraction of sp³-hybridized carbons (Fsp3) is 0.250. The van der Waals surface area contributed by atoms with Crippen LogP contribution in [-0.4, -0.2) is 22.3 Å². The molecule has 3 rings (SSSR count). The number of rotatable bonds is 1. The molecule has 2 nitrogen and oxygen atoms in total. The Hall–Kier alpha value is -2.18. The summed E-state index contributed by atoms with van der Waals surface area (Å²) in [5, 5.41) is 2.58. The van der Waals surface area contributed by atoms with E-state index in [1.54, 1.807) is 11.8 Å². The van der Waals surface area contributed by atoms with Crippen molar-refractivity contribution < 1.29 is 0 Å². The van der Waals surface area contributed by atoms with Crippen LogP contribution >= 0.6 is 11.8 Å². The maximum atomic E-state index is 4.61. The molecule has 0 radical (unpaired) electrons. The number of aromatic nitrogens is 1. The van der Waals surface area contributed by atoms with Gasteiger partial charge >= 0.3 is 0 Å². The zero-order valence-electron chi connectivity index (χ0n) is 13.9. The number of pyridine rings is 1. The molecule has 1 aromatic heterocycles. The second-order valence-electron chi connectivity index (χ2n) is 5.80. The molecule has 0 aliphatic carbocycles. The zero-order valence-corrected chi connectivity index (χ0v) is 14.7. The highest BCUT2D eigenvalue weighted by Crippen LogP contribution is 2.28. The van der Waals surface area contributed by atoms with Crippen molar-refractivity contribution in [2.45, 2.75) is 26.1 Å². The summed E-state index contributed by atoms with van der Waals surface area (Å²) in [4.78, 5) is 6.80. The van der Waals surface area contributed by atoms with Gasteiger partial charge in [-0.3, -0.25) is 4.98 Å². The van der Waals surface area contributed by atoms with Crippen molar-refractivity contribution in [3.8, 4) is 23.1 Å². The maximum Gasteiger partial charge on any atom is 0.0954 e. The lowest BCUT2D eigenvalue weighted by atomic mass is 9.99. The summed E-state index contributed by atoms with van der Waals surface area (Å²) in [5.41, 5.74) is 6.74. The summed E-state index contributed by atoms with van der Waals surface area (Å²) in [5.74, 6) is 6.45. The van der Waals surface area contributed by atoms with Gasteiger partial charge in [-0.25, -0.2) is 0 Å². The highest BCUT2D eigenvalue weighted by molar-refractivity contribution is 8.02. The fourth-order valence-corrected chi connectivity index (χ4v) is 3.47. The van der Waals surface area contributed by atoms with E-state index in [-0.39, 0.29) is 0 Å². The van der Waals surface area contributed by atoms with Crippen LogP contribution in [0.3, 0.4) is 0 Å². The average molecular weight is 320 g/mol. The van der Waals surface area contributed by atoms with Crippen molar-refractivity contribution in [1.82, 2.24) is 9.88 Å². The second-order valence-corrected chi connectivity index (χ2v) is 6.99. The first-order valence-corrected chi connectivity index (χ1v) is 8.63. The average Bonchev–Trinajstić information content (AvgIpc) is 2.86. The van der Waals surface area contributed by atoms with E-state index in [9.17, 15) is 0 Å². The molecule has 1 aliphatic heterocycles. The molecule has 2 heterocycles. The molecule has 1 aromatic carbocycles. The minimum Gasteiger partial charge on any atom is -0.355 e. The third kappa shape index (κ3) is 3.28. The molecular formula is C20H20N2S. The predicted octanol–water partition coefficient (Wildman–Crippen LogP) is 4.58. The highest BCUT2D eigenvalue weighted by atomic mass is 32.2. The first-order chi connectivity index (χ1) is 11.1. The number of nitrogens with zero attached hydrogens (tertiary/aromatic N) is 2. The molecule has 0 saturated heterocycles. The number of hydrogen-bond donors (Lipinski definition) is 0. The second kappa shape index (κ2) is 6.52. The fourth-order valence-electron chi connectivity index (χ4n) is 2.62. The van der Waals surface area contributed by atoms with E-state index in [1.165, 1.54) is 16.7 Å². The Kier molecular flexibility index (Phi) is 4.45. The molecule has 2 aromatic rings. The van der Waals surface area contributed by atoms with Crippen LogP contribution < -0.4 is 0 Å². The molecule has 0 amide bonds. The Morgan fingerprint density at radius 2 is 1.83 bits per heavy atom. The molecular weight excluding hydrogens is 300 g/mol. The van der Waals surface area contributed by atoms with E-state index in [4.69, 9.17) is 0 Å². The maximum absolute atomic E-state index is 4.61. The lowest BCUT2D eigenvalue weighted by molar-refractivity contribution is 0.438. The van der Waals surface area contributed by atoms with E-state index >= 15 is 0 Å². The summed E-state index contributed by atoms with van der Waals surface area (Å²) in [7, 11) is 2.08. The molecule has 0 fully saturated rings. The van der Waals surface area contributed by atoms with Crippen LogP contribution in [-0.2, 0) is 0 Å². The topological polar surface area (TPSA) is 16.1 Å². The van der Waals surface area contributed by atoms with Gasteiger partial charge < -0.3 is 4.90 Å². The molecule has 3 heteroatoms. The number of benzene rings is 1. The van der Waals surface area contributed by atoms with Gasteiger partial charge in [0.25, 0.3) is 0 Å². The Morgan fingerprint density at radius 3 is 2.39 bits per heavy atom. The molecule has 0 spiro atoms. The number of thioether (sulfide) groups is 1. The quantitative estimate of drug-likeness (QED) is 0.715. The monoisotopic (exact) mass is 320 g/mol. The van der Waals surface area contributed by atoms with Gasteiger partial charge in [-0.2, -0.15) is 0 Å². The van der Waals surface area contributed by atoms with Gasteiger partial charge in [-0.1, -0.05) is 24.1 Å². The van der Waals surface area contributed by atoms with E-state index in [0.717, 1.165) is 17.0 Å². The van der Waals surface area contributed by atoms with Gasteiger partial charge in [0.1, 0.15) is 0 Å². The predicted molar refractivity (Wildman–Crippen MR) is 98.9 cm³/mol. The smallest absolute Gasteiger partial charge is 0.0954 e. The van der Waals surface area contributed by atoms with Crippen molar-refractivity contribution in [3.05, 3.63) is 64.3 Å². The number of allylic oxidation sites excluding steroid dienone is 1. The summed E-state index contributed by atoms with van der Waals surface area (Å²) in [6.07, 6.45) is 1.86. The van der Waals surface area contributed by atoms with Crippen LogP contribution in [0.2, 0.25) is 0 Å². The SMILES string of the molecule is Cc1cccc(C)c1-c1ccc(C#CC2=CSC(C)N2C)cn1. The van der Waals surface area contributed by atoms with Crippen LogP contribution in [0, 0.1) is 25.7 Å². The van der Waals surface area contributed by atoms with Crippen molar-refractivity contribution in [2.75, 3.05) is 7.05 Å². The normalized spacial score (nSPS) is 16.8. The summed E-state index contributed by atoms with van der Waals surface area (Å²) < 4.78 is 0. The van der Waals surface area contributed by atoms with Gasteiger partial charge in [0.05, 0.1) is 16.8 Å². The van der Waals surface area contributed by atoms with Gasteiger partial charge in [-0.05, 0) is 50.0 Å². The standard InChI is InChI=1S/C20H20N2S/c1-14-6-5-7-15(2)20(14)19-11-9-17(12-21-19)8-10-18-13-23-16(3)22(18)4/h5-7,9,11-13,16H,1-4H3. The van der Waals surface area contributed by atoms with Crippen molar-refractivity contribution in [3.63, 3.8) is 0 Å². The van der Waals surface area contributed by atoms with Crippen molar-refractivity contribution >= 4 is 11.8 Å². The molecule has 0 saturated carbocycles. The van der Waals surface area contributed by atoms with Gasteiger partial charge in [0.15, 0.2) is 0 Å². The van der Waals surface area contributed by atoms with Crippen molar-refractivity contribution in [1.29, 1.82) is 0 Å². The largest absolute Gasteiger partial charge is 0.355 e. The van der Waals surface area contributed by atoms with Crippen LogP contribution in [0.4, 0.5) is 0 Å². The van der Waals surface area contributed by atoms with Crippen LogP contribution in [0.1, 0.15) is 23.6 Å². The Bertz CT molecular complexity index is 790. The molecule has 23 heavy (non-hydrogen) atoms. The van der Waals surface area contributed by atoms with Crippen LogP contribution in [0.25, 0.3) is 11.3 Å². The highest BCUT2D eigenvalue weighted by Gasteiger charge is 2.16. The molecule has 116 valence electrons. The molecule has 0 bridgehead atoms. The zero-order chi connectivity index (χ0) is 16.4. The van der Waals surface area contributed by atoms with E-state index in [0.29, 0.717) is 5.37 Å². The minimum absolute atomic E-state index is 0.462. The number of hydrogen-bond acceptors (Lipinski definition) is 3. The third-order valence-electron chi connectivity index (χ3n) is 4.14. The molecule has 1 aliphatic rings. The number of aryl methyl sites for hydroxylation is 2. The Morgan fingerprint density at radius 1 is 1.09 bits per heavy atom. The minimum atomic E-state index is 0.462. The van der Waals surface area contributed by atoms with Crippen LogP contribution in [0.15, 0.2) is 47.6 Å². The van der Waals surface area contributed by atoms with Gasteiger partial charge in [0.2, 0.25) is 0 Å². The third-order valence-corrected chi connectivity index (χ3v) is 5.21. The van der Waals surface area contributed by atoms with Gasteiger partial charge in [-0.15, -0.1) is 11.8 Å².